The van der Waals surface area contributed by atoms with Crippen molar-refractivity contribution in [1.82, 2.24) is 0 Å². The molecule has 0 aromatic heterocycles. The number of halogens is 2. The van der Waals surface area contributed by atoms with Gasteiger partial charge in [-0.15, -0.1) is 0 Å². The smallest absolute Gasteiger partial charge is 0.292 e. The van der Waals surface area contributed by atoms with Gasteiger partial charge in [-0.3, -0.25) is 4.79 Å². The van der Waals surface area contributed by atoms with Gasteiger partial charge in [-0.1, -0.05) is 53.5 Å². The zero-order valence-electron chi connectivity index (χ0n) is 13.5. The van der Waals surface area contributed by atoms with Crippen molar-refractivity contribution < 1.29 is 14.3 Å². The van der Waals surface area contributed by atoms with Gasteiger partial charge in [0.15, 0.2) is 0 Å². The van der Waals surface area contributed by atoms with Gasteiger partial charge in [0.1, 0.15) is 0 Å². The number of hydrogen-bond acceptors (Lipinski definition) is 3. The van der Waals surface area contributed by atoms with Crippen LogP contribution in [-0.4, -0.2) is 25.7 Å². The maximum atomic E-state index is 13.2. The molecule has 4 nitrogen and oxygen atoms in total. The molecule has 1 spiro atoms. The van der Waals surface area contributed by atoms with Gasteiger partial charge in [-0.25, -0.2) is 0 Å². The second-order valence-corrected chi connectivity index (χ2v) is 6.90. The third-order valence-corrected chi connectivity index (χ3v) is 5.38. The molecule has 0 radical (unpaired) electrons. The Hall–Kier alpha value is -1.59. The zero-order valence-corrected chi connectivity index (χ0v) is 15.0. The molecule has 1 saturated heterocycles. The zero-order chi connectivity index (χ0) is 17.4. The van der Waals surface area contributed by atoms with Crippen LogP contribution >= 0.6 is 23.2 Å². The van der Waals surface area contributed by atoms with Crippen molar-refractivity contribution in [2.75, 3.05) is 24.7 Å². The first-order chi connectivity index (χ1) is 12.1. The van der Waals surface area contributed by atoms with Crippen LogP contribution in [0.2, 0.25) is 10.0 Å². The van der Waals surface area contributed by atoms with E-state index < -0.39 is 5.79 Å². The number of rotatable bonds is 3. The molecule has 0 atom stereocenters. The third kappa shape index (κ3) is 2.74. The van der Waals surface area contributed by atoms with Gasteiger partial charge in [0.05, 0.1) is 28.9 Å². The van der Waals surface area contributed by atoms with Gasteiger partial charge in [0.2, 0.25) is 0 Å². The van der Waals surface area contributed by atoms with Crippen LogP contribution in [-0.2, 0) is 26.5 Å². The molecule has 4 rings (SSSR count). The maximum Gasteiger partial charge on any atom is 0.292 e. The van der Waals surface area contributed by atoms with E-state index in [1.165, 1.54) is 0 Å². The predicted molar refractivity (Wildman–Crippen MR) is 97.2 cm³/mol. The Morgan fingerprint density at radius 2 is 1.76 bits per heavy atom. The molecule has 2 aromatic rings. The van der Waals surface area contributed by atoms with Gasteiger partial charge in [-0.05, 0) is 30.5 Å². The largest absolute Gasteiger partial charge is 0.338 e. The van der Waals surface area contributed by atoms with E-state index in [1.807, 2.05) is 30.3 Å². The van der Waals surface area contributed by atoms with Crippen LogP contribution in [0.1, 0.15) is 17.5 Å². The van der Waals surface area contributed by atoms with Crippen LogP contribution in [0.4, 0.5) is 5.69 Å². The standard InChI is InChI=1S/C19H17Cl2NO3/c20-15-8-7-14-17(16(15)21)22(10-9-13-5-2-1-3-6-13)18(23)19(14)24-11-4-12-25-19/h1-3,5-8H,4,9-12H2. The lowest BCUT2D eigenvalue weighted by Gasteiger charge is -2.32. The maximum absolute atomic E-state index is 13.2. The lowest BCUT2D eigenvalue weighted by molar-refractivity contribution is -0.256. The number of hydrogen-bond donors (Lipinski definition) is 0. The van der Waals surface area contributed by atoms with Gasteiger partial charge in [0.25, 0.3) is 11.7 Å². The Morgan fingerprint density at radius 3 is 2.48 bits per heavy atom. The molecular weight excluding hydrogens is 361 g/mol. The normalized spacial score (nSPS) is 18.6. The highest BCUT2D eigenvalue weighted by molar-refractivity contribution is 6.44. The number of fused-ring (bicyclic) bond motifs is 2. The summed E-state index contributed by atoms with van der Waals surface area (Å²) in [4.78, 5) is 14.8. The molecule has 1 amide bonds. The van der Waals surface area contributed by atoms with Crippen molar-refractivity contribution in [1.29, 1.82) is 0 Å². The average molecular weight is 378 g/mol. The molecule has 2 heterocycles. The minimum atomic E-state index is -1.39. The minimum Gasteiger partial charge on any atom is -0.338 e. The molecule has 2 aromatic carbocycles. The summed E-state index contributed by atoms with van der Waals surface area (Å²) in [6.45, 7) is 1.42. The number of ether oxygens (including phenoxy) is 2. The van der Waals surface area contributed by atoms with Crippen LogP contribution in [0.25, 0.3) is 0 Å². The highest BCUT2D eigenvalue weighted by Gasteiger charge is 2.55. The van der Waals surface area contributed by atoms with Crippen LogP contribution in [0.5, 0.6) is 0 Å². The van der Waals surface area contributed by atoms with Crippen molar-refractivity contribution in [3.63, 3.8) is 0 Å². The number of amides is 1. The van der Waals surface area contributed by atoms with Crippen molar-refractivity contribution in [2.24, 2.45) is 0 Å². The summed E-state index contributed by atoms with van der Waals surface area (Å²) >= 11 is 12.6. The number of benzene rings is 2. The lowest BCUT2D eigenvalue weighted by Crippen LogP contribution is -2.47. The van der Waals surface area contributed by atoms with Gasteiger partial charge < -0.3 is 14.4 Å². The van der Waals surface area contributed by atoms with E-state index in [2.05, 4.69) is 0 Å². The number of nitrogens with zero attached hydrogens (tertiary/aromatic N) is 1. The number of anilines is 1. The molecule has 0 unspecified atom stereocenters. The summed E-state index contributed by atoms with van der Waals surface area (Å²) in [6.07, 6.45) is 1.46. The summed E-state index contributed by atoms with van der Waals surface area (Å²) < 4.78 is 11.7. The molecule has 2 aliphatic rings. The Kier molecular flexibility index (Phi) is 4.46. The van der Waals surface area contributed by atoms with E-state index in [0.29, 0.717) is 47.5 Å². The summed E-state index contributed by atoms with van der Waals surface area (Å²) in [5.74, 6) is -1.62. The molecule has 0 saturated carbocycles. The fourth-order valence-corrected chi connectivity index (χ4v) is 3.79. The second kappa shape index (κ2) is 6.61. The monoisotopic (exact) mass is 377 g/mol. The quantitative estimate of drug-likeness (QED) is 0.805. The first-order valence-corrected chi connectivity index (χ1v) is 9.01. The van der Waals surface area contributed by atoms with Crippen molar-refractivity contribution in [2.45, 2.75) is 18.6 Å². The Balaban J connectivity index is 1.73. The Labute approximate surface area is 156 Å². The molecule has 2 aliphatic heterocycles. The van der Waals surface area contributed by atoms with E-state index in [9.17, 15) is 4.79 Å². The van der Waals surface area contributed by atoms with Gasteiger partial charge >= 0.3 is 0 Å². The third-order valence-electron chi connectivity index (χ3n) is 4.59. The van der Waals surface area contributed by atoms with Gasteiger partial charge in [-0.2, -0.15) is 0 Å². The predicted octanol–water partition coefficient (Wildman–Crippen LogP) is 4.17. The lowest BCUT2D eigenvalue weighted by atomic mass is 10.1. The van der Waals surface area contributed by atoms with Crippen LogP contribution < -0.4 is 4.90 Å². The first kappa shape index (κ1) is 16.9. The summed E-state index contributed by atoms with van der Waals surface area (Å²) in [7, 11) is 0. The van der Waals surface area contributed by atoms with E-state index in [-0.39, 0.29) is 5.91 Å². The van der Waals surface area contributed by atoms with E-state index in [1.54, 1.807) is 17.0 Å². The molecule has 0 bridgehead atoms. The molecule has 1 fully saturated rings. The molecule has 0 aliphatic carbocycles. The molecular formula is C19H17Cl2NO3. The minimum absolute atomic E-state index is 0.234. The number of carbonyl (C=O) groups is 1. The van der Waals surface area contributed by atoms with E-state index >= 15 is 0 Å². The average Bonchev–Trinajstić information content (AvgIpc) is 2.87. The Bertz CT molecular complexity index is 804. The summed E-state index contributed by atoms with van der Waals surface area (Å²) in [6, 6.07) is 13.4. The highest BCUT2D eigenvalue weighted by Crippen LogP contribution is 2.50. The van der Waals surface area contributed by atoms with Crippen LogP contribution in [0.15, 0.2) is 42.5 Å². The SMILES string of the molecule is O=C1N(CCc2ccccc2)c2c(ccc(Cl)c2Cl)C12OCCCO2. The Morgan fingerprint density at radius 1 is 1.04 bits per heavy atom. The fraction of sp³-hybridized carbons (Fsp3) is 0.316. The molecule has 6 heteroatoms. The van der Waals surface area contributed by atoms with Crippen molar-refractivity contribution in [3.8, 4) is 0 Å². The van der Waals surface area contributed by atoms with Crippen molar-refractivity contribution in [3.05, 3.63) is 63.6 Å². The number of carbonyl (C=O) groups excluding carboxylic acids is 1. The summed E-state index contributed by atoms with van der Waals surface area (Å²) in [5.41, 5.74) is 2.37. The molecule has 25 heavy (non-hydrogen) atoms. The second-order valence-electron chi connectivity index (χ2n) is 6.12. The topological polar surface area (TPSA) is 38.8 Å². The highest BCUT2D eigenvalue weighted by atomic mass is 35.5. The van der Waals surface area contributed by atoms with Gasteiger partial charge in [0, 0.05) is 12.1 Å². The molecule has 0 N–H and O–H groups in total. The fourth-order valence-electron chi connectivity index (χ4n) is 3.37. The molecule has 130 valence electrons. The van der Waals surface area contributed by atoms with E-state index in [0.717, 1.165) is 12.0 Å². The van der Waals surface area contributed by atoms with Crippen LogP contribution in [0.3, 0.4) is 0 Å². The first-order valence-electron chi connectivity index (χ1n) is 8.26. The van der Waals surface area contributed by atoms with Crippen molar-refractivity contribution >= 4 is 34.8 Å². The summed E-state index contributed by atoms with van der Waals surface area (Å²) in [5, 5.41) is 0.765. The van der Waals surface area contributed by atoms with E-state index in [4.69, 9.17) is 32.7 Å². The van der Waals surface area contributed by atoms with Crippen LogP contribution in [0, 0.1) is 0 Å².